The van der Waals surface area contributed by atoms with E-state index < -0.39 is 0 Å². The SMILES string of the molecule is COCOCCC[O]. The number of ether oxygens (including phenoxy) is 2. The molecule has 0 rings (SSSR count). The molecular formula is C5H11O3. The standard InChI is InChI=1S/C5H11O3/c1-7-5-8-4-2-3-6/h2-5H2,1H3. The molecule has 8 heavy (non-hydrogen) atoms. The Labute approximate surface area is 49.2 Å². The van der Waals surface area contributed by atoms with Gasteiger partial charge in [0.15, 0.2) is 0 Å². The molecule has 0 unspecified atom stereocenters. The molecule has 0 aliphatic heterocycles. The Kier molecular flexibility index (Phi) is 6.78. The van der Waals surface area contributed by atoms with Gasteiger partial charge in [-0.1, -0.05) is 0 Å². The molecule has 0 fully saturated rings. The Morgan fingerprint density at radius 1 is 1.50 bits per heavy atom. The highest BCUT2D eigenvalue weighted by molar-refractivity contribution is 4.26. The van der Waals surface area contributed by atoms with Crippen LogP contribution in [0.1, 0.15) is 6.42 Å². The molecular weight excluding hydrogens is 108 g/mol. The van der Waals surface area contributed by atoms with Crippen LogP contribution in [0.4, 0.5) is 0 Å². The van der Waals surface area contributed by atoms with Crippen LogP contribution in [-0.2, 0) is 14.6 Å². The molecule has 49 valence electrons. The van der Waals surface area contributed by atoms with Crippen molar-refractivity contribution in [2.24, 2.45) is 0 Å². The maximum atomic E-state index is 9.77. The van der Waals surface area contributed by atoms with E-state index in [-0.39, 0.29) is 6.61 Å². The van der Waals surface area contributed by atoms with Gasteiger partial charge in [-0.2, -0.15) is 0 Å². The van der Waals surface area contributed by atoms with Gasteiger partial charge >= 0.3 is 0 Å². The molecule has 0 saturated carbocycles. The normalized spacial score (nSPS) is 9.75. The van der Waals surface area contributed by atoms with Crippen molar-refractivity contribution in [1.82, 2.24) is 0 Å². The average Bonchev–Trinajstić information content (AvgIpc) is 1.81. The fraction of sp³-hybridized carbons (Fsp3) is 1.00. The molecule has 0 aromatic rings. The topological polar surface area (TPSA) is 38.4 Å². The molecule has 0 aliphatic carbocycles. The van der Waals surface area contributed by atoms with Crippen molar-refractivity contribution >= 4 is 0 Å². The van der Waals surface area contributed by atoms with Crippen molar-refractivity contribution in [1.29, 1.82) is 0 Å². The van der Waals surface area contributed by atoms with E-state index in [1.165, 1.54) is 0 Å². The lowest BCUT2D eigenvalue weighted by molar-refractivity contribution is -0.0359. The van der Waals surface area contributed by atoms with Crippen LogP contribution in [0.15, 0.2) is 0 Å². The Morgan fingerprint density at radius 2 is 2.25 bits per heavy atom. The fourth-order valence-electron chi connectivity index (χ4n) is 0.303. The first-order valence-corrected chi connectivity index (χ1v) is 2.56. The summed E-state index contributed by atoms with van der Waals surface area (Å²) in [6, 6.07) is 0. The smallest absolute Gasteiger partial charge is 0.146 e. The van der Waals surface area contributed by atoms with Gasteiger partial charge in [-0.05, 0) is 6.42 Å². The lowest BCUT2D eigenvalue weighted by Crippen LogP contribution is -1.99. The monoisotopic (exact) mass is 119 g/mol. The maximum absolute atomic E-state index is 9.77. The van der Waals surface area contributed by atoms with Gasteiger partial charge in [0, 0.05) is 7.11 Å². The molecule has 0 amide bonds. The van der Waals surface area contributed by atoms with Gasteiger partial charge in [-0.15, -0.1) is 0 Å². The predicted molar refractivity (Wildman–Crippen MR) is 28.0 cm³/mol. The summed E-state index contributed by atoms with van der Waals surface area (Å²) in [5.74, 6) is 0. The van der Waals surface area contributed by atoms with Crippen LogP contribution in [0, 0.1) is 0 Å². The lowest BCUT2D eigenvalue weighted by Gasteiger charge is -1.97. The summed E-state index contributed by atoms with van der Waals surface area (Å²) >= 11 is 0. The quantitative estimate of drug-likeness (QED) is 0.388. The Balaban J connectivity index is 2.53. The first-order valence-electron chi connectivity index (χ1n) is 2.56. The van der Waals surface area contributed by atoms with Crippen molar-refractivity contribution in [3.63, 3.8) is 0 Å². The molecule has 0 aromatic heterocycles. The maximum Gasteiger partial charge on any atom is 0.146 e. The lowest BCUT2D eigenvalue weighted by atomic mass is 10.5. The minimum absolute atomic E-state index is 0.0658. The van der Waals surface area contributed by atoms with E-state index >= 15 is 0 Å². The van der Waals surface area contributed by atoms with E-state index in [0.29, 0.717) is 19.8 Å². The van der Waals surface area contributed by atoms with Crippen molar-refractivity contribution in [3.8, 4) is 0 Å². The number of hydrogen-bond donors (Lipinski definition) is 0. The van der Waals surface area contributed by atoms with Crippen molar-refractivity contribution in [2.75, 3.05) is 27.1 Å². The van der Waals surface area contributed by atoms with Crippen LogP contribution in [0.5, 0.6) is 0 Å². The van der Waals surface area contributed by atoms with Gasteiger partial charge < -0.3 is 9.47 Å². The highest BCUT2D eigenvalue weighted by Crippen LogP contribution is 1.79. The summed E-state index contributed by atoms with van der Waals surface area (Å²) in [5, 5.41) is 9.77. The summed E-state index contributed by atoms with van der Waals surface area (Å²) in [6.07, 6.45) is 0.573. The molecule has 0 saturated heterocycles. The molecule has 3 nitrogen and oxygen atoms in total. The summed E-state index contributed by atoms with van der Waals surface area (Å²) in [6.45, 7) is 0.737. The third-order valence-electron chi connectivity index (χ3n) is 0.634. The highest BCUT2D eigenvalue weighted by Gasteiger charge is 1.83. The molecule has 0 spiro atoms. The second-order valence-electron chi connectivity index (χ2n) is 1.37. The minimum atomic E-state index is -0.0658. The van der Waals surface area contributed by atoms with Crippen LogP contribution in [-0.4, -0.2) is 27.1 Å². The van der Waals surface area contributed by atoms with Gasteiger partial charge in [0.25, 0.3) is 0 Å². The van der Waals surface area contributed by atoms with Gasteiger partial charge in [-0.3, -0.25) is 0 Å². The summed E-state index contributed by atoms with van der Waals surface area (Å²) in [7, 11) is 1.55. The number of methoxy groups -OCH3 is 1. The van der Waals surface area contributed by atoms with E-state index in [9.17, 15) is 5.11 Å². The minimum Gasteiger partial charge on any atom is -0.359 e. The van der Waals surface area contributed by atoms with Crippen LogP contribution in [0.25, 0.3) is 0 Å². The van der Waals surface area contributed by atoms with E-state index in [2.05, 4.69) is 4.74 Å². The first kappa shape index (κ1) is 7.88. The molecule has 3 heteroatoms. The third-order valence-corrected chi connectivity index (χ3v) is 0.634. The van der Waals surface area contributed by atoms with E-state index in [4.69, 9.17) is 4.74 Å². The fourth-order valence-corrected chi connectivity index (χ4v) is 0.303. The zero-order chi connectivity index (χ0) is 6.24. The summed E-state index contributed by atoms with van der Waals surface area (Å²) < 4.78 is 9.37. The van der Waals surface area contributed by atoms with Gasteiger partial charge in [0.1, 0.15) is 6.79 Å². The Morgan fingerprint density at radius 3 is 2.75 bits per heavy atom. The van der Waals surface area contributed by atoms with E-state index in [1.54, 1.807) is 7.11 Å². The van der Waals surface area contributed by atoms with Crippen LogP contribution in [0.3, 0.4) is 0 Å². The molecule has 0 heterocycles. The zero-order valence-corrected chi connectivity index (χ0v) is 5.05. The number of rotatable bonds is 5. The second kappa shape index (κ2) is 6.88. The summed E-state index contributed by atoms with van der Waals surface area (Å²) in [4.78, 5) is 0. The third kappa shape index (κ3) is 5.88. The predicted octanol–water partition coefficient (Wildman–Crippen LogP) is 0.427. The molecule has 0 bridgehead atoms. The van der Waals surface area contributed by atoms with Gasteiger partial charge in [0.05, 0.1) is 13.2 Å². The van der Waals surface area contributed by atoms with E-state index in [1.807, 2.05) is 0 Å². The molecule has 0 aliphatic rings. The molecule has 0 atom stereocenters. The average molecular weight is 119 g/mol. The Bertz CT molecular complexity index is 32.7. The molecule has 0 aromatic carbocycles. The van der Waals surface area contributed by atoms with Gasteiger partial charge in [0.2, 0.25) is 0 Å². The van der Waals surface area contributed by atoms with Crippen molar-refractivity contribution in [3.05, 3.63) is 0 Å². The van der Waals surface area contributed by atoms with Crippen LogP contribution >= 0.6 is 0 Å². The van der Waals surface area contributed by atoms with E-state index in [0.717, 1.165) is 0 Å². The van der Waals surface area contributed by atoms with Crippen molar-refractivity contribution < 1.29 is 14.6 Å². The molecule has 1 radical (unpaired) electrons. The molecule has 0 N–H and O–H groups in total. The number of hydrogen-bond acceptors (Lipinski definition) is 2. The summed E-state index contributed by atoms with van der Waals surface area (Å²) in [5.41, 5.74) is 0. The highest BCUT2D eigenvalue weighted by atomic mass is 16.7. The largest absolute Gasteiger partial charge is 0.359 e. The van der Waals surface area contributed by atoms with Gasteiger partial charge in [-0.25, -0.2) is 5.11 Å². The van der Waals surface area contributed by atoms with Crippen LogP contribution < -0.4 is 0 Å². The first-order chi connectivity index (χ1) is 3.91. The van der Waals surface area contributed by atoms with Crippen molar-refractivity contribution in [2.45, 2.75) is 6.42 Å². The van der Waals surface area contributed by atoms with Crippen LogP contribution in [0.2, 0.25) is 0 Å². The second-order valence-corrected chi connectivity index (χ2v) is 1.37. The Hall–Kier alpha value is -0.120. The zero-order valence-electron chi connectivity index (χ0n) is 5.05.